The Balaban J connectivity index is 1.92. The van der Waals surface area contributed by atoms with Crippen molar-refractivity contribution in [1.29, 1.82) is 0 Å². The van der Waals surface area contributed by atoms with Crippen molar-refractivity contribution in [2.45, 2.75) is 6.92 Å². The molecule has 0 fully saturated rings. The summed E-state index contributed by atoms with van der Waals surface area (Å²) in [5, 5.41) is 7.34. The summed E-state index contributed by atoms with van der Waals surface area (Å²) < 4.78 is 10.7. The predicted octanol–water partition coefficient (Wildman–Crippen LogP) is 3.31. The molecule has 0 heterocycles. The molecule has 0 radical (unpaired) electrons. The third-order valence-corrected chi connectivity index (χ3v) is 3.45. The molecule has 132 valence electrons. The van der Waals surface area contributed by atoms with Gasteiger partial charge < -0.3 is 14.8 Å². The van der Waals surface area contributed by atoms with Crippen LogP contribution in [0.4, 0.5) is 5.69 Å². The van der Waals surface area contributed by atoms with Gasteiger partial charge in [0.2, 0.25) is 0 Å². The van der Waals surface area contributed by atoms with E-state index < -0.39 is 0 Å². The van der Waals surface area contributed by atoms with E-state index in [1.54, 1.807) is 12.1 Å². The highest BCUT2D eigenvalue weighted by Gasteiger charge is 2.10. The lowest BCUT2D eigenvalue weighted by Crippen LogP contribution is -2.25. The maximum absolute atomic E-state index is 11.8. The molecule has 7 heteroatoms. The number of hydrogen-bond acceptors (Lipinski definition) is 5. The Morgan fingerprint density at radius 2 is 2.04 bits per heavy atom. The molecule has 0 saturated carbocycles. The van der Waals surface area contributed by atoms with E-state index in [4.69, 9.17) is 21.1 Å². The van der Waals surface area contributed by atoms with Crippen LogP contribution in [0.15, 0.2) is 47.6 Å². The molecule has 1 amide bonds. The van der Waals surface area contributed by atoms with Crippen LogP contribution < -0.4 is 20.2 Å². The number of ether oxygens (including phenoxy) is 2. The number of para-hydroxylation sites is 1. The van der Waals surface area contributed by atoms with Gasteiger partial charge in [-0.05, 0) is 36.8 Å². The van der Waals surface area contributed by atoms with E-state index in [2.05, 4.69) is 15.8 Å². The predicted molar refractivity (Wildman–Crippen MR) is 99.8 cm³/mol. The standard InChI is InChI=1S/C18H20ClN3O3/c1-3-25-18-15(19)9-13(10-16(18)24-2)11-21-22-17(23)12-20-14-7-5-4-6-8-14/h4-11,20H,3,12H2,1-2H3,(H,22,23)/b21-11-. The molecule has 0 unspecified atom stereocenters. The molecule has 0 atom stereocenters. The molecule has 0 saturated heterocycles. The van der Waals surface area contributed by atoms with Crippen molar-refractivity contribution in [3.05, 3.63) is 53.1 Å². The average Bonchev–Trinajstić information content (AvgIpc) is 2.63. The molecule has 25 heavy (non-hydrogen) atoms. The third-order valence-electron chi connectivity index (χ3n) is 3.17. The monoisotopic (exact) mass is 361 g/mol. The first kappa shape index (κ1) is 18.6. The van der Waals surface area contributed by atoms with Gasteiger partial charge >= 0.3 is 0 Å². The van der Waals surface area contributed by atoms with Crippen LogP contribution in [-0.2, 0) is 4.79 Å². The molecule has 0 bridgehead atoms. The van der Waals surface area contributed by atoms with Crippen molar-refractivity contribution in [2.24, 2.45) is 5.10 Å². The number of methoxy groups -OCH3 is 1. The zero-order valence-corrected chi connectivity index (χ0v) is 14.8. The van der Waals surface area contributed by atoms with Crippen molar-refractivity contribution >= 4 is 29.4 Å². The Labute approximate surface area is 151 Å². The fourth-order valence-corrected chi connectivity index (χ4v) is 2.33. The van der Waals surface area contributed by atoms with Gasteiger partial charge in [0.15, 0.2) is 11.5 Å². The Morgan fingerprint density at radius 3 is 2.72 bits per heavy atom. The highest BCUT2D eigenvalue weighted by molar-refractivity contribution is 6.32. The van der Waals surface area contributed by atoms with E-state index in [9.17, 15) is 4.79 Å². The first-order valence-corrected chi connectivity index (χ1v) is 8.13. The van der Waals surface area contributed by atoms with Gasteiger partial charge in [-0.25, -0.2) is 5.43 Å². The lowest BCUT2D eigenvalue weighted by molar-refractivity contribution is -0.119. The number of nitrogens with zero attached hydrogens (tertiary/aromatic N) is 1. The average molecular weight is 362 g/mol. The summed E-state index contributed by atoms with van der Waals surface area (Å²) in [7, 11) is 1.53. The SMILES string of the molecule is CCOc1c(Cl)cc(/C=N\NC(=O)CNc2ccccc2)cc1OC. The Morgan fingerprint density at radius 1 is 1.28 bits per heavy atom. The zero-order valence-electron chi connectivity index (χ0n) is 14.1. The van der Waals surface area contributed by atoms with Gasteiger partial charge in [0.05, 0.1) is 31.5 Å². The molecular formula is C18H20ClN3O3. The lowest BCUT2D eigenvalue weighted by atomic mass is 10.2. The highest BCUT2D eigenvalue weighted by atomic mass is 35.5. The van der Waals surface area contributed by atoms with Crippen LogP contribution in [0.2, 0.25) is 5.02 Å². The maximum atomic E-state index is 11.8. The fraction of sp³-hybridized carbons (Fsp3) is 0.222. The van der Waals surface area contributed by atoms with Gasteiger partial charge in [-0.1, -0.05) is 29.8 Å². The minimum Gasteiger partial charge on any atom is -0.493 e. The van der Waals surface area contributed by atoms with Crippen LogP contribution in [-0.4, -0.2) is 32.4 Å². The molecule has 0 aliphatic heterocycles. The normalized spacial score (nSPS) is 10.5. The summed E-state index contributed by atoms with van der Waals surface area (Å²) in [4.78, 5) is 11.8. The molecule has 0 aliphatic carbocycles. The van der Waals surface area contributed by atoms with Crippen LogP contribution in [0.25, 0.3) is 0 Å². The minimum atomic E-state index is -0.260. The van der Waals surface area contributed by atoms with Crippen LogP contribution in [0.5, 0.6) is 11.5 Å². The van der Waals surface area contributed by atoms with Gasteiger partial charge in [-0.15, -0.1) is 0 Å². The summed E-state index contributed by atoms with van der Waals surface area (Å²) >= 11 is 6.19. The van der Waals surface area contributed by atoms with E-state index in [-0.39, 0.29) is 12.5 Å². The second-order valence-corrected chi connectivity index (χ2v) is 5.39. The number of carbonyl (C=O) groups excluding carboxylic acids is 1. The van der Waals surface area contributed by atoms with Crippen molar-refractivity contribution in [3.8, 4) is 11.5 Å². The van der Waals surface area contributed by atoms with Crippen molar-refractivity contribution in [1.82, 2.24) is 5.43 Å². The molecule has 6 nitrogen and oxygen atoms in total. The largest absolute Gasteiger partial charge is 0.493 e. The summed E-state index contributed by atoms with van der Waals surface area (Å²) in [6.07, 6.45) is 1.49. The summed E-state index contributed by atoms with van der Waals surface area (Å²) in [5.41, 5.74) is 4.00. The molecule has 0 aromatic heterocycles. The van der Waals surface area contributed by atoms with E-state index in [1.165, 1.54) is 13.3 Å². The topological polar surface area (TPSA) is 72.0 Å². The van der Waals surface area contributed by atoms with E-state index in [1.807, 2.05) is 37.3 Å². The number of hydrogen-bond donors (Lipinski definition) is 2. The van der Waals surface area contributed by atoms with Crippen LogP contribution in [0.3, 0.4) is 0 Å². The molecule has 2 aromatic rings. The van der Waals surface area contributed by atoms with Gasteiger partial charge in [-0.2, -0.15) is 5.10 Å². The van der Waals surface area contributed by atoms with Crippen molar-refractivity contribution in [2.75, 3.05) is 25.6 Å². The smallest absolute Gasteiger partial charge is 0.259 e. The number of anilines is 1. The third kappa shape index (κ3) is 5.69. The minimum absolute atomic E-state index is 0.120. The molecule has 0 spiro atoms. The van der Waals surface area contributed by atoms with E-state index >= 15 is 0 Å². The number of halogens is 1. The molecule has 2 aromatic carbocycles. The Hall–Kier alpha value is -2.73. The second kappa shape index (κ2) is 9.54. The Bertz CT molecular complexity index is 736. The van der Waals surface area contributed by atoms with Gasteiger partial charge in [0.25, 0.3) is 5.91 Å². The molecule has 0 aliphatic rings. The molecule has 2 rings (SSSR count). The van der Waals surface area contributed by atoms with Crippen LogP contribution in [0, 0.1) is 0 Å². The maximum Gasteiger partial charge on any atom is 0.259 e. The molecular weight excluding hydrogens is 342 g/mol. The van der Waals surface area contributed by atoms with Crippen LogP contribution in [0.1, 0.15) is 12.5 Å². The summed E-state index contributed by atoms with van der Waals surface area (Å²) in [6, 6.07) is 12.9. The number of rotatable bonds is 8. The molecule has 2 N–H and O–H groups in total. The zero-order chi connectivity index (χ0) is 18.1. The first-order valence-electron chi connectivity index (χ1n) is 7.75. The van der Waals surface area contributed by atoms with Gasteiger partial charge in [0.1, 0.15) is 0 Å². The van der Waals surface area contributed by atoms with Gasteiger partial charge in [0, 0.05) is 5.69 Å². The highest BCUT2D eigenvalue weighted by Crippen LogP contribution is 2.35. The first-order chi connectivity index (χ1) is 12.1. The second-order valence-electron chi connectivity index (χ2n) is 4.98. The van der Waals surface area contributed by atoms with Crippen molar-refractivity contribution in [3.63, 3.8) is 0 Å². The number of nitrogens with one attached hydrogen (secondary N) is 2. The van der Waals surface area contributed by atoms with E-state index in [0.717, 1.165) is 5.69 Å². The Kier molecular flexibility index (Phi) is 7.10. The summed E-state index contributed by atoms with van der Waals surface area (Å²) in [5.74, 6) is 0.733. The lowest BCUT2D eigenvalue weighted by Gasteiger charge is -2.11. The number of carbonyl (C=O) groups is 1. The fourth-order valence-electron chi connectivity index (χ4n) is 2.06. The van der Waals surface area contributed by atoms with Gasteiger partial charge in [-0.3, -0.25) is 4.79 Å². The number of hydrazone groups is 1. The van der Waals surface area contributed by atoms with Crippen molar-refractivity contribution < 1.29 is 14.3 Å². The summed E-state index contributed by atoms with van der Waals surface area (Å²) in [6.45, 7) is 2.47. The number of amides is 1. The quantitative estimate of drug-likeness (QED) is 0.559. The van der Waals surface area contributed by atoms with E-state index in [0.29, 0.717) is 28.7 Å². The number of benzene rings is 2. The van der Waals surface area contributed by atoms with Crippen LogP contribution >= 0.6 is 11.6 Å².